The van der Waals surface area contributed by atoms with Crippen LogP contribution in [0.2, 0.25) is 0 Å². The zero-order chi connectivity index (χ0) is 21.0. The van der Waals surface area contributed by atoms with Crippen molar-refractivity contribution in [1.82, 2.24) is 15.5 Å². The molecule has 2 aromatic carbocycles. The largest absolute Gasteiger partial charge is 0.357 e. The van der Waals surface area contributed by atoms with Gasteiger partial charge in [0.25, 0.3) is 0 Å². The third kappa shape index (κ3) is 8.51. The third-order valence-corrected chi connectivity index (χ3v) is 5.48. The second-order valence-corrected chi connectivity index (χ2v) is 7.78. The van der Waals surface area contributed by atoms with Crippen LogP contribution in [0.4, 0.5) is 0 Å². The van der Waals surface area contributed by atoms with Crippen molar-refractivity contribution in [2.45, 2.75) is 38.5 Å². The predicted molar refractivity (Wildman–Crippen MR) is 139 cm³/mol. The quantitative estimate of drug-likeness (QED) is 0.208. The van der Waals surface area contributed by atoms with Gasteiger partial charge in [-0.15, -0.1) is 24.0 Å². The van der Waals surface area contributed by atoms with E-state index in [4.69, 9.17) is 4.99 Å². The topological polar surface area (TPSA) is 56.7 Å². The van der Waals surface area contributed by atoms with Crippen molar-refractivity contribution in [3.05, 3.63) is 71.8 Å². The SMILES string of the molecule is CCNC(=NCC(Cc1ccccc1)c1ccccc1)NCCCN1CCCC1=O.I. The highest BCUT2D eigenvalue weighted by atomic mass is 127. The lowest BCUT2D eigenvalue weighted by molar-refractivity contribution is -0.127. The summed E-state index contributed by atoms with van der Waals surface area (Å²) in [6.45, 7) is 6.17. The number of carbonyl (C=O) groups excluding carboxylic acids is 1. The summed E-state index contributed by atoms with van der Waals surface area (Å²) < 4.78 is 0. The van der Waals surface area contributed by atoms with Gasteiger partial charge in [0.15, 0.2) is 5.96 Å². The Kier molecular flexibility index (Phi) is 11.4. The minimum atomic E-state index is 0. The van der Waals surface area contributed by atoms with Crippen LogP contribution in [-0.4, -0.2) is 49.5 Å². The number of hydrogen-bond acceptors (Lipinski definition) is 2. The van der Waals surface area contributed by atoms with E-state index in [2.05, 4.69) is 78.2 Å². The normalized spacial score (nSPS) is 14.8. The summed E-state index contributed by atoms with van der Waals surface area (Å²) in [7, 11) is 0. The van der Waals surface area contributed by atoms with E-state index in [1.807, 2.05) is 4.90 Å². The average Bonchev–Trinajstić information content (AvgIpc) is 3.19. The van der Waals surface area contributed by atoms with Crippen LogP contribution in [0.15, 0.2) is 65.7 Å². The Balaban J connectivity index is 0.00000341. The smallest absolute Gasteiger partial charge is 0.222 e. The lowest BCUT2D eigenvalue weighted by atomic mass is 9.92. The van der Waals surface area contributed by atoms with E-state index in [-0.39, 0.29) is 24.0 Å². The van der Waals surface area contributed by atoms with Gasteiger partial charge < -0.3 is 15.5 Å². The predicted octanol–water partition coefficient (Wildman–Crippen LogP) is 4.20. The number of aliphatic imine (C=N–C) groups is 1. The molecule has 2 aromatic rings. The second kappa shape index (κ2) is 14.1. The van der Waals surface area contributed by atoms with Crippen molar-refractivity contribution in [3.8, 4) is 0 Å². The minimum absolute atomic E-state index is 0. The Bertz CT molecular complexity index is 798. The highest BCUT2D eigenvalue weighted by molar-refractivity contribution is 14.0. The summed E-state index contributed by atoms with van der Waals surface area (Å²) >= 11 is 0. The van der Waals surface area contributed by atoms with Crippen molar-refractivity contribution in [1.29, 1.82) is 0 Å². The number of carbonyl (C=O) groups is 1. The van der Waals surface area contributed by atoms with Crippen molar-refractivity contribution >= 4 is 35.8 Å². The molecule has 6 heteroatoms. The minimum Gasteiger partial charge on any atom is -0.357 e. The van der Waals surface area contributed by atoms with Crippen LogP contribution in [0.3, 0.4) is 0 Å². The van der Waals surface area contributed by atoms with Crippen LogP contribution >= 0.6 is 24.0 Å². The second-order valence-electron chi connectivity index (χ2n) is 7.78. The molecule has 1 fully saturated rings. The molecule has 1 aliphatic rings. The lowest BCUT2D eigenvalue weighted by Gasteiger charge is -2.18. The number of benzene rings is 2. The number of amides is 1. The fourth-order valence-corrected chi connectivity index (χ4v) is 3.87. The lowest BCUT2D eigenvalue weighted by Crippen LogP contribution is -2.39. The van der Waals surface area contributed by atoms with E-state index >= 15 is 0 Å². The molecule has 1 aliphatic heterocycles. The molecule has 0 saturated carbocycles. The summed E-state index contributed by atoms with van der Waals surface area (Å²) in [5, 5.41) is 6.78. The van der Waals surface area contributed by atoms with Gasteiger partial charge in [0.1, 0.15) is 0 Å². The molecule has 1 atom stereocenters. The maximum atomic E-state index is 11.7. The highest BCUT2D eigenvalue weighted by Crippen LogP contribution is 2.21. The molecule has 2 N–H and O–H groups in total. The number of likely N-dealkylation sites (tertiary alicyclic amines) is 1. The summed E-state index contributed by atoms with van der Waals surface area (Å²) in [5.41, 5.74) is 2.64. The molecule has 0 aromatic heterocycles. The monoisotopic (exact) mass is 534 g/mol. The molecule has 0 spiro atoms. The summed E-state index contributed by atoms with van der Waals surface area (Å²) in [5.74, 6) is 1.47. The molecule has 0 bridgehead atoms. The maximum absolute atomic E-state index is 11.7. The Morgan fingerprint density at radius 2 is 1.77 bits per heavy atom. The van der Waals surface area contributed by atoms with Gasteiger partial charge in [-0.05, 0) is 37.3 Å². The molecular weight excluding hydrogens is 499 g/mol. The molecule has 168 valence electrons. The molecule has 0 radical (unpaired) electrons. The molecule has 31 heavy (non-hydrogen) atoms. The van der Waals surface area contributed by atoms with Crippen LogP contribution in [0.25, 0.3) is 0 Å². The van der Waals surface area contributed by atoms with Crippen LogP contribution in [0, 0.1) is 0 Å². The van der Waals surface area contributed by atoms with Gasteiger partial charge in [0.2, 0.25) is 5.91 Å². The molecule has 1 heterocycles. The number of nitrogens with one attached hydrogen (secondary N) is 2. The van der Waals surface area contributed by atoms with E-state index in [0.29, 0.717) is 18.2 Å². The van der Waals surface area contributed by atoms with E-state index in [1.165, 1.54) is 11.1 Å². The zero-order valence-electron chi connectivity index (χ0n) is 18.4. The van der Waals surface area contributed by atoms with Crippen molar-refractivity contribution in [2.75, 3.05) is 32.7 Å². The Morgan fingerprint density at radius 3 is 2.42 bits per heavy atom. The van der Waals surface area contributed by atoms with Gasteiger partial charge in [0, 0.05) is 45.1 Å². The molecule has 0 aliphatic carbocycles. The van der Waals surface area contributed by atoms with Gasteiger partial charge in [-0.2, -0.15) is 0 Å². The van der Waals surface area contributed by atoms with E-state index in [9.17, 15) is 4.79 Å². The van der Waals surface area contributed by atoms with E-state index in [1.54, 1.807) is 0 Å². The number of hydrogen-bond donors (Lipinski definition) is 2. The summed E-state index contributed by atoms with van der Waals surface area (Å²) in [6.07, 6.45) is 3.60. The van der Waals surface area contributed by atoms with Gasteiger partial charge in [-0.1, -0.05) is 60.7 Å². The maximum Gasteiger partial charge on any atom is 0.222 e. The number of halogens is 1. The third-order valence-electron chi connectivity index (χ3n) is 5.48. The average molecular weight is 534 g/mol. The first-order valence-electron chi connectivity index (χ1n) is 11.1. The van der Waals surface area contributed by atoms with Crippen LogP contribution in [0.1, 0.15) is 43.2 Å². The summed E-state index contributed by atoms with van der Waals surface area (Å²) in [6, 6.07) is 21.2. The Morgan fingerprint density at radius 1 is 1.06 bits per heavy atom. The molecule has 5 nitrogen and oxygen atoms in total. The first-order valence-corrected chi connectivity index (χ1v) is 11.1. The molecule has 3 rings (SSSR count). The van der Waals surface area contributed by atoms with E-state index < -0.39 is 0 Å². The van der Waals surface area contributed by atoms with Crippen molar-refractivity contribution in [2.24, 2.45) is 4.99 Å². The van der Waals surface area contributed by atoms with Crippen LogP contribution < -0.4 is 10.6 Å². The first-order chi connectivity index (χ1) is 14.8. The number of guanidine groups is 1. The Labute approximate surface area is 203 Å². The fourth-order valence-electron chi connectivity index (χ4n) is 3.87. The van der Waals surface area contributed by atoms with Crippen LogP contribution in [0.5, 0.6) is 0 Å². The van der Waals surface area contributed by atoms with Gasteiger partial charge in [-0.3, -0.25) is 9.79 Å². The number of rotatable bonds is 10. The molecule has 1 amide bonds. The Hall–Kier alpha value is -2.09. The van der Waals surface area contributed by atoms with Crippen molar-refractivity contribution in [3.63, 3.8) is 0 Å². The van der Waals surface area contributed by atoms with Gasteiger partial charge in [0.05, 0.1) is 0 Å². The first kappa shape index (κ1) is 25.2. The van der Waals surface area contributed by atoms with E-state index in [0.717, 1.165) is 57.9 Å². The number of nitrogens with zero attached hydrogens (tertiary/aromatic N) is 2. The molecule has 1 saturated heterocycles. The molecule has 1 unspecified atom stereocenters. The van der Waals surface area contributed by atoms with Gasteiger partial charge in [-0.25, -0.2) is 0 Å². The highest BCUT2D eigenvalue weighted by Gasteiger charge is 2.19. The van der Waals surface area contributed by atoms with Crippen molar-refractivity contribution < 1.29 is 4.79 Å². The summed E-state index contributed by atoms with van der Waals surface area (Å²) in [4.78, 5) is 18.6. The standard InChI is InChI=1S/C25H34N4O.HI/c1-2-26-25(27-16-10-18-29-17-9-15-24(29)30)28-20-23(22-13-7-4-8-14-22)19-21-11-5-3-6-12-21;/h3-8,11-14,23H,2,9-10,15-20H2,1H3,(H2,26,27,28);1H. The van der Waals surface area contributed by atoms with Gasteiger partial charge >= 0.3 is 0 Å². The zero-order valence-corrected chi connectivity index (χ0v) is 20.8. The fraction of sp³-hybridized carbons (Fsp3) is 0.440. The van der Waals surface area contributed by atoms with Crippen LogP contribution in [-0.2, 0) is 11.2 Å². The molecular formula is C25H35IN4O.